The molecule has 0 aliphatic carbocycles. The van der Waals surface area contributed by atoms with Crippen molar-refractivity contribution in [2.24, 2.45) is 0 Å². The molecule has 5 nitrogen and oxygen atoms in total. The quantitative estimate of drug-likeness (QED) is 0.692. The van der Waals surface area contributed by atoms with E-state index in [-0.39, 0.29) is 19.0 Å². The molecule has 0 bridgehead atoms. The number of carbonyl (C=O) groups excluding carboxylic acids is 1. The summed E-state index contributed by atoms with van der Waals surface area (Å²) in [5.74, 6) is -0.890. The van der Waals surface area contributed by atoms with Crippen LogP contribution >= 0.6 is 0 Å². The first-order valence-electron chi connectivity index (χ1n) is 5.82. The first-order chi connectivity index (χ1) is 7.92. The molecule has 0 unspecified atom stereocenters. The maximum absolute atomic E-state index is 12.1. The Bertz CT molecular complexity index is 289. The monoisotopic (exact) mass is 242 g/mol. The van der Waals surface area contributed by atoms with Crippen LogP contribution in [0.3, 0.4) is 0 Å². The summed E-state index contributed by atoms with van der Waals surface area (Å²) in [6.45, 7) is 11.2. The smallest absolute Gasteiger partial charge is 0.320 e. The number of nitrogens with zero attached hydrogens (tertiary/aromatic N) is 2. The molecule has 0 aliphatic rings. The summed E-state index contributed by atoms with van der Waals surface area (Å²) >= 11 is 0. The number of carboxylic acid groups (broad SMARTS) is 1. The van der Waals surface area contributed by atoms with Gasteiger partial charge in [-0.2, -0.15) is 0 Å². The van der Waals surface area contributed by atoms with Crippen molar-refractivity contribution in [3.63, 3.8) is 0 Å². The summed E-state index contributed by atoms with van der Waals surface area (Å²) in [4.78, 5) is 25.8. The van der Waals surface area contributed by atoms with Crippen molar-refractivity contribution in [3.8, 4) is 0 Å². The van der Waals surface area contributed by atoms with Crippen molar-refractivity contribution in [2.45, 2.75) is 27.2 Å². The lowest BCUT2D eigenvalue weighted by molar-refractivity contribution is -0.137. The van der Waals surface area contributed by atoms with Crippen LogP contribution in [0.25, 0.3) is 0 Å². The Morgan fingerprint density at radius 3 is 2.06 bits per heavy atom. The minimum Gasteiger partial charge on any atom is -0.481 e. The van der Waals surface area contributed by atoms with Crippen molar-refractivity contribution < 1.29 is 14.7 Å². The van der Waals surface area contributed by atoms with Crippen molar-refractivity contribution in [1.82, 2.24) is 9.80 Å². The maximum Gasteiger partial charge on any atom is 0.320 e. The predicted molar refractivity (Wildman–Crippen MR) is 67.0 cm³/mol. The second-order valence-electron chi connectivity index (χ2n) is 3.98. The van der Waals surface area contributed by atoms with E-state index in [0.717, 1.165) is 5.57 Å². The molecule has 0 rings (SSSR count). The molecule has 0 heterocycles. The Morgan fingerprint density at radius 2 is 1.71 bits per heavy atom. The van der Waals surface area contributed by atoms with E-state index in [0.29, 0.717) is 19.6 Å². The summed E-state index contributed by atoms with van der Waals surface area (Å²) < 4.78 is 0. The van der Waals surface area contributed by atoms with Gasteiger partial charge in [0.25, 0.3) is 0 Å². The van der Waals surface area contributed by atoms with Gasteiger partial charge >= 0.3 is 12.0 Å². The van der Waals surface area contributed by atoms with Gasteiger partial charge in [0.1, 0.15) is 0 Å². The first-order valence-corrected chi connectivity index (χ1v) is 5.82. The number of carboxylic acids is 1. The van der Waals surface area contributed by atoms with Crippen molar-refractivity contribution in [3.05, 3.63) is 12.2 Å². The minimum absolute atomic E-state index is 0.0236. The van der Waals surface area contributed by atoms with Crippen LogP contribution in [0.2, 0.25) is 0 Å². The van der Waals surface area contributed by atoms with Gasteiger partial charge in [-0.15, -0.1) is 0 Å². The van der Waals surface area contributed by atoms with E-state index in [1.807, 2.05) is 20.8 Å². The molecule has 1 N–H and O–H groups in total. The number of hydrogen-bond acceptors (Lipinski definition) is 2. The van der Waals surface area contributed by atoms with Gasteiger partial charge in [0, 0.05) is 26.2 Å². The van der Waals surface area contributed by atoms with Crippen LogP contribution in [-0.2, 0) is 4.79 Å². The molecule has 0 saturated heterocycles. The van der Waals surface area contributed by atoms with Gasteiger partial charge in [0.2, 0.25) is 0 Å². The van der Waals surface area contributed by atoms with E-state index in [1.54, 1.807) is 9.80 Å². The minimum atomic E-state index is -0.890. The van der Waals surface area contributed by atoms with Gasteiger partial charge in [-0.3, -0.25) is 4.79 Å². The molecule has 0 aromatic heterocycles. The summed E-state index contributed by atoms with van der Waals surface area (Å²) in [6.07, 6.45) is -0.0236. The van der Waals surface area contributed by atoms with Gasteiger partial charge < -0.3 is 14.9 Å². The molecule has 5 heteroatoms. The molecule has 0 atom stereocenters. The van der Waals surface area contributed by atoms with Gasteiger partial charge in [-0.25, -0.2) is 4.79 Å². The number of aliphatic carboxylic acids is 1. The van der Waals surface area contributed by atoms with Gasteiger partial charge in [-0.05, 0) is 20.8 Å². The normalized spacial score (nSPS) is 9.82. The van der Waals surface area contributed by atoms with Crippen LogP contribution in [0.4, 0.5) is 4.79 Å². The highest BCUT2D eigenvalue weighted by atomic mass is 16.4. The predicted octanol–water partition coefficient (Wildman–Crippen LogP) is 1.80. The highest BCUT2D eigenvalue weighted by Crippen LogP contribution is 2.03. The number of rotatable bonds is 7. The summed E-state index contributed by atoms with van der Waals surface area (Å²) in [6, 6.07) is -0.126. The zero-order valence-corrected chi connectivity index (χ0v) is 10.9. The topological polar surface area (TPSA) is 60.9 Å². The van der Waals surface area contributed by atoms with E-state index in [1.165, 1.54) is 0 Å². The molecular formula is C12H22N2O3. The summed E-state index contributed by atoms with van der Waals surface area (Å²) in [7, 11) is 0. The standard InChI is InChI=1S/C12H22N2O3/c1-5-13(8-7-11(15)16)12(17)14(6-2)9-10(3)4/h3,5-9H2,1-2,4H3,(H,15,16). The fraction of sp³-hybridized carbons (Fsp3) is 0.667. The third-order valence-corrected chi connectivity index (χ3v) is 2.36. The van der Waals surface area contributed by atoms with E-state index in [9.17, 15) is 9.59 Å². The average Bonchev–Trinajstić information content (AvgIpc) is 2.25. The summed E-state index contributed by atoms with van der Waals surface area (Å²) in [5, 5.41) is 8.62. The molecule has 0 saturated carbocycles. The molecule has 2 amide bonds. The average molecular weight is 242 g/mol. The molecule has 0 aromatic carbocycles. The van der Waals surface area contributed by atoms with Crippen LogP contribution in [0.5, 0.6) is 0 Å². The fourth-order valence-electron chi connectivity index (χ4n) is 1.46. The first kappa shape index (κ1) is 15.5. The van der Waals surface area contributed by atoms with Crippen molar-refractivity contribution >= 4 is 12.0 Å². The molecule has 17 heavy (non-hydrogen) atoms. The maximum atomic E-state index is 12.1. The zero-order chi connectivity index (χ0) is 13.4. The number of carbonyl (C=O) groups is 2. The Balaban J connectivity index is 4.47. The SMILES string of the molecule is C=C(C)CN(CC)C(=O)N(CC)CCC(=O)O. The number of likely N-dealkylation sites (N-methyl/N-ethyl adjacent to an activating group) is 1. The van der Waals surface area contributed by atoms with E-state index in [4.69, 9.17) is 5.11 Å². The second-order valence-corrected chi connectivity index (χ2v) is 3.98. The Hall–Kier alpha value is -1.52. The van der Waals surface area contributed by atoms with Crippen LogP contribution in [0.1, 0.15) is 27.2 Å². The van der Waals surface area contributed by atoms with Gasteiger partial charge in [-0.1, -0.05) is 12.2 Å². The lowest BCUT2D eigenvalue weighted by atomic mass is 10.3. The lowest BCUT2D eigenvalue weighted by Crippen LogP contribution is -2.44. The third-order valence-electron chi connectivity index (χ3n) is 2.36. The highest BCUT2D eigenvalue weighted by molar-refractivity contribution is 5.75. The van der Waals surface area contributed by atoms with Crippen LogP contribution in [0.15, 0.2) is 12.2 Å². The second kappa shape index (κ2) is 7.70. The number of hydrogen-bond donors (Lipinski definition) is 1. The van der Waals surface area contributed by atoms with Crippen molar-refractivity contribution in [2.75, 3.05) is 26.2 Å². The third kappa shape index (κ3) is 5.94. The molecule has 0 spiro atoms. The Morgan fingerprint density at radius 1 is 1.18 bits per heavy atom. The molecular weight excluding hydrogens is 220 g/mol. The highest BCUT2D eigenvalue weighted by Gasteiger charge is 2.18. The molecule has 0 radical (unpaired) electrons. The fourth-order valence-corrected chi connectivity index (χ4v) is 1.46. The van der Waals surface area contributed by atoms with Crippen LogP contribution in [0, 0.1) is 0 Å². The van der Waals surface area contributed by atoms with Crippen LogP contribution in [-0.4, -0.2) is 53.1 Å². The van der Waals surface area contributed by atoms with E-state index < -0.39 is 5.97 Å². The van der Waals surface area contributed by atoms with E-state index in [2.05, 4.69) is 6.58 Å². The van der Waals surface area contributed by atoms with Gasteiger partial charge in [0.15, 0.2) is 0 Å². The molecule has 98 valence electrons. The Kier molecular flexibility index (Phi) is 7.02. The van der Waals surface area contributed by atoms with Crippen molar-refractivity contribution in [1.29, 1.82) is 0 Å². The Labute approximate surface area is 103 Å². The number of urea groups is 1. The molecule has 0 aliphatic heterocycles. The molecule has 0 aromatic rings. The largest absolute Gasteiger partial charge is 0.481 e. The van der Waals surface area contributed by atoms with Crippen LogP contribution < -0.4 is 0 Å². The lowest BCUT2D eigenvalue weighted by Gasteiger charge is -2.29. The summed E-state index contributed by atoms with van der Waals surface area (Å²) in [5.41, 5.74) is 0.912. The molecule has 0 fully saturated rings. The zero-order valence-electron chi connectivity index (χ0n) is 10.9. The van der Waals surface area contributed by atoms with Gasteiger partial charge in [0.05, 0.1) is 6.42 Å². The number of amides is 2. The van der Waals surface area contributed by atoms with E-state index >= 15 is 0 Å².